The number of imidazole rings is 1. The van der Waals surface area contributed by atoms with Gasteiger partial charge in [0.05, 0.1) is 35.2 Å². The minimum atomic E-state index is -1.04. The van der Waals surface area contributed by atoms with E-state index in [2.05, 4.69) is 21.9 Å². The number of fused-ring (bicyclic) bond motifs is 2. The standard InChI is InChI=1S/C30H31Cl2F2N5O2/c1-3-37-10-9-20(24(34)15-37)17-5-7-18(8-6-17)21-12-23(31)22-14-39(36-27(22)26(21)32)29(30(40)41-4-2)28-25-11-19(33)13-38(25)16-35-28/h5-8,12,14,16,19-20,24,29H,3-4,9-11,13,15H2,1-2H3/t19-,20+,24-,29?/m0/s1. The topological polar surface area (TPSA) is 65.2 Å². The molecule has 41 heavy (non-hydrogen) atoms. The SMILES string of the molecule is CCOC(=O)C(c1ncn2c1C[C@H](F)C2)n1cc2c(Cl)cc(-c3ccc([C@H]4CCN(CC)C[C@@H]4F)cc3)c(Cl)c2n1. The lowest BCUT2D eigenvalue weighted by atomic mass is 9.87. The van der Waals surface area contributed by atoms with Crippen LogP contribution in [0.5, 0.6) is 0 Å². The van der Waals surface area contributed by atoms with Crippen LogP contribution in [0, 0.1) is 0 Å². The number of carbonyl (C=O) groups excluding carboxylic acids is 1. The first-order chi connectivity index (χ1) is 19.8. The third-order valence-corrected chi connectivity index (χ3v) is 8.94. The van der Waals surface area contributed by atoms with Gasteiger partial charge in [-0.1, -0.05) is 54.4 Å². The Labute approximate surface area is 247 Å². The van der Waals surface area contributed by atoms with E-state index in [1.165, 1.54) is 4.68 Å². The molecule has 0 amide bonds. The molecule has 2 aliphatic rings. The highest BCUT2D eigenvalue weighted by Gasteiger charge is 2.35. The number of piperidine rings is 1. The highest BCUT2D eigenvalue weighted by atomic mass is 35.5. The summed E-state index contributed by atoms with van der Waals surface area (Å²) in [5.41, 5.74) is 3.92. The molecule has 0 aliphatic carbocycles. The molecule has 216 valence electrons. The summed E-state index contributed by atoms with van der Waals surface area (Å²) in [5, 5.41) is 6.03. The molecule has 0 spiro atoms. The van der Waals surface area contributed by atoms with Crippen LogP contribution in [0.3, 0.4) is 0 Å². The molecule has 0 saturated carbocycles. The van der Waals surface area contributed by atoms with Gasteiger partial charge in [-0.2, -0.15) is 5.10 Å². The van der Waals surface area contributed by atoms with Gasteiger partial charge in [0.1, 0.15) is 17.9 Å². The Kier molecular flexibility index (Phi) is 7.78. The Morgan fingerprint density at radius 2 is 1.95 bits per heavy atom. The smallest absolute Gasteiger partial charge is 0.337 e. The van der Waals surface area contributed by atoms with E-state index < -0.39 is 24.4 Å². The van der Waals surface area contributed by atoms with E-state index in [9.17, 15) is 13.6 Å². The number of hydrogen-bond donors (Lipinski definition) is 0. The third-order valence-electron chi connectivity index (χ3n) is 8.25. The van der Waals surface area contributed by atoms with Crippen LogP contribution in [0.4, 0.5) is 8.78 Å². The van der Waals surface area contributed by atoms with Gasteiger partial charge in [-0.3, -0.25) is 4.68 Å². The maximum Gasteiger partial charge on any atom is 0.337 e. The van der Waals surface area contributed by atoms with E-state index in [1.54, 1.807) is 30.1 Å². The van der Waals surface area contributed by atoms with E-state index in [0.29, 0.717) is 44.4 Å². The summed E-state index contributed by atoms with van der Waals surface area (Å²) in [7, 11) is 0. The zero-order chi connectivity index (χ0) is 28.8. The van der Waals surface area contributed by atoms with Gasteiger partial charge in [0.25, 0.3) is 0 Å². The molecule has 0 radical (unpaired) electrons. The highest BCUT2D eigenvalue weighted by molar-refractivity contribution is 6.42. The van der Waals surface area contributed by atoms with Crippen LogP contribution in [0.15, 0.2) is 42.9 Å². The zero-order valence-electron chi connectivity index (χ0n) is 22.9. The van der Waals surface area contributed by atoms with E-state index in [4.69, 9.17) is 27.9 Å². The molecule has 11 heteroatoms. The number of benzene rings is 2. The number of nitrogens with zero attached hydrogens (tertiary/aromatic N) is 5. The molecule has 1 saturated heterocycles. The summed E-state index contributed by atoms with van der Waals surface area (Å²) >= 11 is 13.6. The Morgan fingerprint density at radius 3 is 2.66 bits per heavy atom. The van der Waals surface area contributed by atoms with E-state index >= 15 is 0 Å². The molecular formula is C30H31Cl2F2N5O2. The predicted molar refractivity (Wildman–Crippen MR) is 155 cm³/mol. The third kappa shape index (κ3) is 5.13. The molecule has 2 aromatic carbocycles. The number of likely N-dealkylation sites (tertiary alicyclic amines) is 1. The van der Waals surface area contributed by atoms with Crippen molar-refractivity contribution < 1.29 is 18.3 Å². The number of rotatable bonds is 7. The maximum atomic E-state index is 14.9. The molecule has 2 aromatic heterocycles. The number of carbonyl (C=O) groups is 1. The Bertz CT molecular complexity index is 1590. The van der Waals surface area contributed by atoms with Crippen molar-refractivity contribution in [2.24, 2.45) is 0 Å². The second-order valence-corrected chi connectivity index (χ2v) is 11.5. The molecule has 4 heterocycles. The Morgan fingerprint density at radius 1 is 1.17 bits per heavy atom. The van der Waals surface area contributed by atoms with Crippen molar-refractivity contribution in [3.8, 4) is 11.1 Å². The fraction of sp³-hybridized carbons (Fsp3) is 0.433. The first-order valence-corrected chi connectivity index (χ1v) is 14.7. The number of esters is 1. The highest BCUT2D eigenvalue weighted by Crippen LogP contribution is 2.40. The van der Waals surface area contributed by atoms with Gasteiger partial charge in [-0.05, 0) is 43.6 Å². The van der Waals surface area contributed by atoms with Crippen molar-refractivity contribution >= 4 is 40.1 Å². The summed E-state index contributed by atoms with van der Waals surface area (Å²) in [4.78, 5) is 19.7. The quantitative estimate of drug-likeness (QED) is 0.229. The van der Waals surface area contributed by atoms with Crippen LogP contribution in [-0.4, -0.2) is 68.8 Å². The van der Waals surface area contributed by atoms with Crippen LogP contribution in [0.2, 0.25) is 10.0 Å². The van der Waals surface area contributed by atoms with Gasteiger partial charge >= 0.3 is 5.97 Å². The fourth-order valence-corrected chi connectivity index (χ4v) is 6.64. The second kappa shape index (κ2) is 11.3. The minimum absolute atomic E-state index is 0.138. The normalized spacial score (nSPS) is 21.8. The minimum Gasteiger partial charge on any atom is -0.464 e. The van der Waals surface area contributed by atoms with E-state index in [1.807, 2.05) is 24.3 Å². The van der Waals surface area contributed by atoms with Crippen molar-refractivity contribution in [1.82, 2.24) is 24.2 Å². The van der Waals surface area contributed by atoms with E-state index in [-0.39, 0.29) is 25.5 Å². The number of hydrogen-bond acceptors (Lipinski definition) is 5. The monoisotopic (exact) mass is 601 g/mol. The van der Waals surface area contributed by atoms with Gasteiger partial charge in [0.15, 0.2) is 6.04 Å². The van der Waals surface area contributed by atoms with Crippen molar-refractivity contribution in [3.05, 3.63) is 69.9 Å². The first kappa shape index (κ1) is 28.1. The molecule has 0 bridgehead atoms. The lowest BCUT2D eigenvalue weighted by molar-refractivity contribution is -0.146. The Hall–Kier alpha value is -3.01. The lowest BCUT2D eigenvalue weighted by Gasteiger charge is -2.34. The largest absolute Gasteiger partial charge is 0.464 e. The molecular weight excluding hydrogens is 571 g/mol. The molecule has 4 atom stereocenters. The summed E-state index contributed by atoms with van der Waals surface area (Å²) in [6.07, 6.45) is 2.18. The van der Waals surface area contributed by atoms with Crippen molar-refractivity contribution in [2.45, 2.75) is 57.5 Å². The van der Waals surface area contributed by atoms with Gasteiger partial charge in [0, 0.05) is 41.7 Å². The van der Waals surface area contributed by atoms with E-state index in [0.717, 1.165) is 30.6 Å². The second-order valence-electron chi connectivity index (χ2n) is 10.7. The number of ether oxygens (including phenoxy) is 1. The van der Waals surface area contributed by atoms with Gasteiger partial charge in [-0.15, -0.1) is 0 Å². The number of alkyl halides is 2. The summed E-state index contributed by atoms with van der Waals surface area (Å²) in [5.74, 6) is -0.691. The van der Waals surface area contributed by atoms with Crippen LogP contribution in [0.1, 0.15) is 49.2 Å². The van der Waals surface area contributed by atoms with Crippen molar-refractivity contribution in [3.63, 3.8) is 0 Å². The molecule has 1 fully saturated rings. The number of halogens is 4. The van der Waals surface area contributed by atoms with Crippen LogP contribution >= 0.6 is 23.2 Å². The number of aromatic nitrogens is 4. The summed E-state index contributed by atoms with van der Waals surface area (Å²) < 4.78 is 37.6. The average Bonchev–Trinajstić information content (AvgIpc) is 3.67. The van der Waals surface area contributed by atoms with Gasteiger partial charge in [0.2, 0.25) is 0 Å². The van der Waals surface area contributed by atoms with Gasteiger partial charge < -0.3 is 14.2 Å². The first-order valence-electron chi connectivity index (χ1n) is 14.0. The lowest BCUT2D eigenvalue weighted by Crippen LogP contribution is -2.40. The predicted octanol–water partition coefficient (Wildman–Crippen LogP) is 6.40. The molecule has 4 aromatic rings. The molecule has 6 rings (SSSR count). The van der Waals surface area contributed by atoms with Crippen molar-refractivity contribution in [1.29, 1.82) is 0 Å². The van der Waals surface area contributed by atoms with Crippen LogP contribution < -0.4 is 0 Å². The molecule has 1 unspecified atom stereocenters. The maximum absolute atomic E-state index is 14.9. The summed E-state index contributed by atoms with van der Waals surface area (Å²) in [6, 6.07) is 8.51. The molecule has 2 aliphatic heterocycles. The average molecular weight is 603 g/mol. The molecule has 0 N–H and O–H groups in total. The van der Waals surface area contributed by atoms with Crippen molar-refractivity contribution in [2.75, 3.05) is 26.2 Å². The summed E-state index contributed by atoms with van der Waals surface area (Å²) in [6.45, 7) is 6.32. The van der Waals surface area contributed by atoms with Crippen LogP contribution in [-0.2, 0) is 22.5 Å². The Balaban J connectivity index is 1.35. The van der Waals surface area contributed by atoms with Gasteiger partial charge in [-0.25, -0.2) is 18.6 Å². The zero-order valence-corrected chi connectivity index (χ0v) is 24.4. The molecule has 7 nitrogen and oxygen atoms in total. The fourth-order valence-electron chi connectivity index (χ4n) is 6.09. The van der Waals surface area contributed by atoms with Crippen LogP contribution in [0.25, 0.3) is 22.0 Å².